The van der Waals surface area contributed by atoms with E-state index in [4.69, 9.17) is 0 Å². The Morgan fingerprint density at radius 3 is 2.58 bits per heavy atom. The molecule has 122 valence electrons. The first-order valence-corrected chi connectivity index (χ1v) is 10.3. The van der Waals surface area contributed by atoms with Crippen molar-refractivity contribution in [1.82, 2.24) is 9.97 Å². The molecule has 0 saturated heterocycles. The molecule has 2 aromatic heterocycles. The van der Waals surface area contributed by atoms with E-state index in [1.165, 1.54) is 23.1 Å². The van der Waals surface area contributed by atoms with Gasteiger partial charge < -0.3 is 5.32 Å². The van der Waals surface area contributed by atoms with Crippen LogP contribution >= 0.6 is 55.0 Å². The van der Waals surface area contributed by atoms with Gasteiger partial charge in [-0.15, -0.1) is 11.3 Å². The molecule has 0 atom stereocenters. The lowest BCUT2D eigenvalue weighted by atomic mass is 10.2. The van der Waals surface area contributed by atoms with Crippen LogP contribution in [0.4, 0.5) is 5.82 Å². The zero-order chi connectivity index (χ0) is 16.9. The lowest BCUT2D eigenvalue weighted by molar-refractivity contribution is -0.113. The molecule has 0 fully saturated rings. The minimum atomic E-state index is -0.102. The van der Waals surface area contributed by atoms with Crippen molar-refractivity contribution in [3.8, 4) is 11.3 Å². The van der Waals surface area contributed by atoms with Crippen LogP contribution in [-0.2, 0) is 4.79 Å². The lowest BCUT2D eigenvalue weighted by Gasteiger charge is -2.03. The van der Waals surface area contributed by atoms with Crippen LogP contribution in [0.3, 0.4) is 0 Å². The second-order valence-corrected chi connectivity index (χ2v) is 8.62. The number of nitrogens with zero attached hydrogens (tertiary/aromatic N) is 2. The van der Waals surface area contributed by atoms with Crippen LogP contribution in [0.25, 0.3) is 11.3 Å². The monoisotopic (exact) mass is 483 g/mol. The van der Waals surface area contributed by atoms with Crippen molar-refractivity contribution in [1.29, 1.82) is 0 Å². The Kier molecular flexibility index (Phi) is 6.04. The standard InChI is InChI=1S/C16H11Br2N3OS2/c17-11-3-1-10(2-4-11)13-8-23-16(20-13)24-9-15(22)21-14-6-5-12(18)7-19-14/h1-8H,9H2,(H,19,21,22). The molecule has 4 nitrogen and oxygen atoms in total. The first-order chi connectivity index (χ1) is 11.6. The largest absolute Gasteiger partial charge is 0.310 e. The van der Waals surface area contributed by atoms with Gasteiger partial charge >= 0.3 is 0 Å². The molecule has 24 heavy (non-hydrogen) atoms. The maximum atomic E-state index is 12.0. The summed E-state index contributed by atoms with van der Waals surface area (Å²) >= 11 is 9.69. The number of aromatic nitrogens is 2. The maximum Gasteiger partial charge on any atom is 0.235 e. The first kappa shape index (κ1) is 17.6. The second kappa shape index (κ2) is 8.24. The number of thioether (sulfide) groups is 1. The third-order valence-corrected chi connectivity index (χ3v) is 5.96. The van der Waals surface area contributed by atoms with E-state index in [-0.39, 0.29) is 5.91 Å². The average Bonchev–Trinajstić information content (AvgIpc) is 3.05. The van der Waals surface area contributed by atoms with Crippen LogP contribution in [0.15, 0.2) is 61.3 Å². The molecule has 0 saturated carbocycles. The number of nitrogens with one attached hydrogen (secondary N) is 1. The molecule has 1 amide bonds. The van der Waals surface area contributed by atoms with Crippen molar-refractivity contribution in [2.24, 2.45) is 0 Å². The number of hydrogen-bond acceptors (Lipinski definition) is 5. The van der Waals surface area contributed by atoms with Gasteiger partial charge in [0.05, 0.1) is 11.4 Å². The number of amides is 1. The Bertz CT molecular complexity index is 835. The second-order valence-electron chi connectivity index (χ2n) is 4.70. The fourth-order valence-corrected chi connectivity index (χ4v) is 3.97. The number of anilines is 1. The van der Waals surface area contributed by atoms with Crippen LogP contribution in [0.1, 0.15) is 0 Å². The van der Waals surface area contributed by atoms with Gasteiger partial charge in [0.15, 0.2) is 4.34 Å². The molecule has 0 unspecified atom stereocenters. The molecule has 0 aliphatic carbocycles. The number of benzene rings is 1. The number of thiazole rings is 1. The minimum Gasteiger partial charge on any atom is -0.310 e. The van der Waals surface area contributed by atoms with Crippen LogP contribution in [-0.4, -0.2) is 21.6 Å². The smallest absolute Gasteiger partial charge is 0.235 e. The molecule has 1 aromatic carbocycles. The molecule has 1 N–H and O–H groups in total. The van der Waals surface area contributed by atoms with Gasteiger partial charge in [-0.05, 0) is 40.2 Å². The molecule has 3 rings (SSSR count). The zero-order valence-electron chi connectivity index (χ0n) is 12.2. The van der Waals surface area contributed by atoms with Crippen molar-refractivity contribution in [3.63, 3.8) is 0 Å². The van der Waals surface area contributed by atoms with Crippen LogP contribution in [0.2, 0.25) is 0 Å². The summed E-state index contributed by atoms with van der Waals surface area (Å²) in [5, 5.41) is 4.76. The molecule has 3 aromatic rings. The summed E-state index contributed by atoms with van der Waals surface area (Å²) in [5.41, 5.74) is 1.98. The van der Waals surface area contributed by atoms with Gasteiger partial charge in [0.1, 0.15) is 5.82 Å². The summed E-state index contributed by atoms with van der Waals surface area (Å²) in [6.45, 7) is 0. The minimum absolute atomic E-state index is 0.102. The van der Waals surface area contributed by atoms with Gasteiger partial charge in [-0.3, -0.25) is 4.79 Å². The Morgan fingerprint density at radius 2 is 1.88 bits per heavy atom. The highest BCUT2D eigenvalue weighted by Gasteiger charge is 2.09. The Morgan fingerprint density at radius 1 is 1.12 bits per heavy atom. The van der Waals surface area contributed by atoms with Crippen LogP contribution in [0, 0.1) is 0 Å². The van der Waals surface area contributed by atoms with Gasteiger partial charge in [0.2, 0.25) is 5.91 Å². The quantitative estimate of drug-likeness (QED) is 0.488. The number of halogens is 2. The summed E-state index contributed by atoms with van der Waals surface area (Å²) < 4.78 is 2.78. The number of pyridine rings is 1. The van der Waals surface area contributed by atoms with E-state index in [1.54, 1.807) is 12.3 Å². The van der Waals surface area contributed by atoms with E-state index in [9.17, 15) is 4.79 Å². The molecule has 0 bridgehead atoms. The normalized spacial score (nSPS) is 10.6. The summed E-state index contributed by atoms with van der Waals surface area (Å²) in [4.78, 5) is 20.7. The van der Waals surface area contributed by atoms with Gasteiger partial charge in [-0.1, -0.05) is 39.8 Å². The highest BCUT2D eigenvalue weighted by atomic mass is 79.9. The van der Waals surface area contributed by atoms with E-state index in [2.05, 4.69) is 47.1 Å². The molecule has 0 radical (unpaired) electrons. The van der Waals surface area contributed by atoms with E-state index < -0.39 is 0 Å². The first-order valence-electron chi connectivity index (χ1n) is 6.86. The molecular weight excluding hydrogens is 474 g/mol. The van der Waals surface area contributed by atoms with E-state index >= 15 is 0 Å². The zero-order valence-corrected chi connectivity index (χ0v) is 17.0. The molecule has 0 spiro atoms. The highest BCUT2D eigenvalue weighted by Crippen LogP contribution is 2.29. The van der Waals surface area contributed by atoms with Gasteiger partial charge in [0.25, 0.3) is 0 Å². The number of carbonyl (C=O) groups is 1. The fraction of sp³-hybridized carbons (Fsp3) is 0.0625. The highest BCUT2D eigenvalue weighted by molar-refractivity contribution is 9.10. The average molecular weight is 485 g/mol. The predicted molar refractivity (Wildman–Crippen MR) is 107 cm³/mol. The predicted octanol–water partition coefficient (Wildman–Crippen LogP) is 5.46. The van der Waals surface area contributed by atoms with Crippen molar-refractivity contribution in [3.05, 3.63) is 56.9 Å². The van der Waals surface area contributed by atoms with Crippen molar-refractivity contribution in [2.45, 2.75) is 4.34 Å². The Hall–Kier alpha value is -1.22. The molecular formula is C16H11Br2N3OS2. The summed E-state index contributed by atoms with van der Waals surface area (Å²) in [7, 11) is 0. The van der Waals surface area contributed by atoms with E-state index in [1.807, 2.05) is 35.7 Å². The summed E-state index contributed by atoms with van der Waals surface area (Å²) in [6, 6.07) is 11.6. The fourth-order valence-electron chi connectivity index (χ4n) is 1.83. The number of rotatable bonds is 5. The van der Waals surface area contributed by atoms with E-state index in [0.29, 0.717) is 11.6 Å². The van der Waals surface area contributed by atoms with Crippen LogP contribution in [0.5, 0.6) is 0 Å². The van der Waals surface area contributed by atoms with Gasteiger partial charge in [-0.25, -0.2) is 9.97 Å². The van der Waals surface area contributed by atoms with E-state index in [0.717, 1.165) is 24.5 Å². The number of hydrogen-bond donors (Lipinski definition) is 1. The number of carbonyl (C=O) groups excluding carboxylic acids is 1. The molecule has 8 heteroatoms. The van der Waals surface area contributed by atoms with Gasteiger partial charge in [0, 0.05) is 26.1 Å². The van der Waals surface area contributed by atoms with Crippen LogP contribution < -0.4 is 5.32 Å². The lowest BCUT2D eigenvalue weighted by Crippen LogP contribution is -2.14. The van der Waals surface area contributed by atoms with Crippen molar-refractivity contribution in [2.75, 3.05) is 11.1 Å². The molecule has 2 heterocycles. The van der Waals surface area contributed by atoms with Crippen molar-refractivity contribution < 1.29 is 4.79 Å². The van der Waals surface area contributed by atoms with Crippen molar-refractivity contribution >= 4 is 66.7 Å². The molecule has 0 aliphatic rings. The maximum absolute atomic E-state index is 12.0. The Labute approximate surface area is 164 Å². The summed E-state index contributed by atoms with van der Waals surface area (Å²) in [5.74, 6) is 0.735. The third kappa shape index (κ3) is 4.89. The topological polar surface area (TPSA) is 54.9 Å². The van der Waals surface area contributed by atoms with Gasteiger partial charge in [-0.2, -0.15) is 0 Å². The third-order valence-electron chi connectivity index (χ3n) is 2.94. The molecule has 0 aliphatic heterocycles. The SMILES string of the molecule is O=C(CSc1nc(-c2ccc(Br)cc2)cs1)Nc1ccc(Br)cn1. The summed E-state index contributed by atoms with van der Waals surface area (Å²) in [6.07, 6.45) is 1.65. The Balaban J connectivity index is 1.56.